The number of carbonyl (C=O) groups is 1. The van der Waals surface area contributed by atoms with E-state index < -0.39 is 11.7 Å². The van der Waals surface area contributed by atoms with Gasteiger partial charge in [0.1, 0.15) is 17.7 Å². The van der Waals surface area contributed by atoms with Gasteiger partial charge in [-0.05, 0) is 44.4 Å². The number of rotatable bonds is 8. The number of alkyl halides is 3. The van der Waals surface area contributed by atoms with E-state index in [9.17, 15) is 23.2 Å². The second-order valence-corrected chi connectivity index (χ2v) is 8.61. The summed E-state index contributed by atoms with van der Waals surface area (Å²) in [6, 6.07) is 4.63. The second-order valence-electron chi connectivity index (χ2n) is 8.61. The summed E-state index contributed by atoms with van der Waals surface area (Å²) in [6.07, 6.45) is -2.07. The lowest BCUT2D eigenvalue weighted by atomic mass is 10.2. The zero-order chi connectivity index (χ0) is 25.6. The van der Waals surface area contributed by atoms with Gasteiger partial charge in [0.25, 0.3) is 0 Å². The highest BCUT2D eigenvalue weighted by molar-refractivity contribution is 5.93. The van der Waals surface area contributed by atoms with Crippen LogP contribution in [0.15, 0.2) is 18.3 Å². The normalized spacial score (nSPS) is 15.1. The Morgan fingerprint density at radius 3 is 2.63 bits per heavy atom. The molecule has 0 saturated carbocycles. The zero-order valence-electron chi connectivity index (χ0n) is 20.3. The molecule has 1 saturated heterocycles. The number of nitrogens with one attached hydrogen (secondary N) is 1. The monoisotopic (exact) mass is 492 g/mol. The highest BCUT2D eigenvalue weighted by Crippen LogP contribution is 2.30. The average molecular weight is 493 g/mol. The number of hydrogen-bond acceptors (Lipinski definition) is 6. The number of nitriles is 1. The minimum Gasteiger partial charge on any atom is -0.385 e. The SMILES string of the molecule is COCCCn1c(C)c(C)c(C#N)c1NC(=O)CN1CCCN(c2ccc(C(F)(F)F)cn2)CC1. The number of pyridine rings is 1. The van der Waals surface area contributed by atoms with Crippen LogP contribution in [0, 0.1) is 25.2 Å². The van der Waals surface area contributed by atoms with Gasteiger partial charge in [-0.15, -0.1) is 0 Å². The Hall–Kier alpha value is -3.10. The summed E-state index contributed by atoms with van der Waals surface area (Å²) in [6.45, 7) is 7.56. The molecule has 0 bridgehead atoms. The molecular formula is C24H31F3N6O2. The summed E-state index contributed by atoms with van der Waals surface area (Å²) in [5.74, 6) is 0.782. The molecule has 0 radical (unpaired) electrons. The molecule has 1 N–H and O–H groups in total. The first-order valence-electron chi connectivity index (χ1n) is 11.5. The lowest BCUT2D eigenvalue weighted by molar-refractivity contribution is -0.137. The summed E-state index contributed by atoms with van der Waals surface area (Å²) in [7, 11) is 1.63. The number of halogens is 3. The quantitative estimate of drug-likeness (QED) is 0.567. The van der Waals surface area contributed by atoms with E-state index in [1.165, 1.54) is 6.07 Å². The smallest absolute Gasteiger partial charge is 0.385 e. The molecule has 0 spiro atoms. The van der Waals surface area contributed by atoms with Crippen LogP contribution >= 0.6 is 0 Å². The molecule has 0 aliphatic carbocycles. The molecule has 8 nitrogen and oxygen atoms in total. The first-order valence-corrected chi connectivity index (χ1v) is 11.5. The van der Waals surface area contributed by atoms with Crippen molar-refractivity contribution in [2.24, 2.45) is 0 Å². The fourth-order valence-corrected chi connectivity index (χ4v) is 4.25. The van der Waals surface area contributed by atoms with Gasteiger partial charge >= 0.3 is 6.18 Å². The summed E-state index contributed by atoms with van der Waals surface area (Å²) in [4.78, 5) is 20.8. The zero-order valence-corrected chi connectivity index (χ0v) is 20.3. The van der Waals surface area contributed by atoms with Gasteiger partial charge in [0, 0.05) is 58.3 Å². The van der Waals surface area contributed by atoms with Crippen LogP contribution in [0.4, 0.5) is 24.8 Å². The predicted octanol–water partition coefficient (Wildman–Crippen LogP) is 3.58. The minimum atomic E-state index is -4.42. The third-order valence-electron chi connectivity index (χ3n) is 6.28. The molecule has 2 aromatic rings. The second kappa shape index (κ2) is 11.6. The molecule has 3 rings (SSSR count). The fourth-order valence-electron chi connectivity index (χ4n) is 4.25. The van der Waals surface area contributed by atoms with Gasteiger partial charge < -0.3 is 19.5 Å². The van der Waals surface area contributed by atoms with Crippen LogP contribution in [0.1, 0.15) is 35.2 Å². The highest BCUT2D eigenvalue weighted by atomic mass is 19.4. The van der Waals surface area contributed by atoms with Crippen LogP contribution in [-0.2, 0) is 22.3 Å². The van der Waals surface area contributed by atoms with Crippen LogP contribution in [0.25, 0.3) is 0 Å². The topological polar surface area (TPSA) is 86.4 Å². The number of ether oxygens (including phenoxy) is 1. The molecule has 0 unspecified atom stereocenters. The Morgan fingerprint density at radius 2 is 2.00 bits per heavy atom. The Morgan fingerprint density at radius 1 is 1.23 bits per heavy atom. The van der Waals surface area contributed by atoms with E-state index in [4.69, 9.17) is 4.74 Å². The first kappa shape index (κ1) is 26.5. The number of aromatic nitrogens is 2. The van der Waals surface area contributed by atoms with Crippen LogP contribution in [0.3, 0.4) is 0 Å². The Kier molecular flexibility index (Phi) is 8.75. The van der Waals surface area contributed by atoms with Gasteiger partial charge in [-0.3, -0.25) is 9.69 Å². The Labute approximate surface area is 203 Å². The van der Waals surface area contributed by atoms with Gasteiger partial charge in [0.15, 0.2) is 0 Å². The fraction of sp³-hybridized carbons (Fsp3) is 0.542. The van der Waals surface area contributed by atoms with E-state index in [1.807, 2.05) is 28.2 Å². The highest BCUT2D eigenvalue weighted by Gasteiger charge is 2.31. The molecule has 35 heavy (non-hydrogen) atoms. The number of amides is 1. The maximum atomic E-state index is 12.9. The molecule has 1 fully saturated rings. The van der Waals surface area contributed by atoms with E-state index >= 15 is 0 Å². The largest absolute Gasteiger partial charge is 0.417 e. The summed E-state index contributed by atoms with van der Waals surface area (Å²) < 4.78 is 45.5. The van der Waals surface area contributed by atoms with Gasteiger partial charge in [-0.25, -0.2) is 4.98 Å². The summed E-state index contributed by atoms with van der Waals surface area (Å²) in [5, 5.41) is 12.6. The van der Waals surface area contributed by atoms with Crippen molar-refractivity contribution in [1.29, 1.82) is 5.26 Å². The Bertz CT molecular complexity index is 1060. The lowest BCUT2D eigenvalue weighted by Crippen LogP contribution is -2.37. The van der Waals surface area contributed by atoms with Crippen LogP contribution in [-0.4, -0.2) is 66.8 Å². The molecular weight excluding hydrogens is 461 g/mol. The van der Waals surface area contributed by atoms with Gasteiger partial charge in [-0.2, -0.15) is 18.4 Å². The average Bonchev–Trinajstić information content (AvgIpc) is 2.96. The van der Waals surface area contributed by atoms with Crippen molar-refractivity contribution in [2.45, 2.75) is 39.4 Å². The molecule has 0 atom stereocenters. The van der Waals surface area contributed by atoms with Crippen molar-refractivity contribution in [1.82, 2.24) is 14.5 Å². The van der Waals surface area contributed by atoms with Gasteiger partial charge in [-0.1, -0.05) is 0 Å². The number of hydrogen-bond donors (Lipinski definition) is 1. The lowest BCUT2D eigenvalue weighted by Gasteiger charge is -2.23. The molecule has 190 valence electrons. The molecule has 1 aliphatic heterocycles. The van der Waals surface area contributed by atoms with E-state index in [0.717, 1.165) is 36.4 Å². The van der Waals surface area contributed by atoms with E-state index in [1.54, 1.807) is 7.11 Å². The molecule has 3 heterocycles. The predicted molar refractivity (Wildman–Crippen MR) is 126 cm³/mol. The molecule has 0 aromatic carbocycles. The third kappa shape index (κ3) is 6.52. The van der Waals surface area contributed by atoms with Crippen molar-refractivity contribution in [3.63, 3.8) is 0 Å². The van der Waals surface area contributed by atoms with Crippen LogP contribution < -0.4 is 10.2 Å². The van der Waals surface area contributed by atoms with Crippen molar-refractivity contribution in [2.75, 3.05) is 56.7 Å². The van der Waals surface area contributed by atoms with Crippen LogP contribution in [0.2, 0.25) is 0 Å². The maximum Gasteiger partial charge on any atom is 0.417 e. The van der Waals surface area contributed by atoms with Crippen molar-refractivity contribution < 1.29 is 22.7 Å². The number of anilines is 2. The number of carbonyl (C=O) groups excluding carboxylic acids is 1. The first-order chi connectivity index (χ1) is 16.7. The number of nitrogens with zero attached hydrogens (tertiary/aromatic N) is 5. The van der Waals surface area contributed by atoms with Gasteiger partial charge in [0.2, 0.25) is 5.91 Å². The van der Waals surface area contributed by atoms with E-state index in [-0.39, 0.29) is 12.5 Å². The van der Waals surface area contributed by atoms with Crippen molar-refractivity contribution >= 4 is 17.5 Å². The Balaban J connectivity index is 1.62. The van der Waals surface area contributed by atoms with Crippen LogP contribution in [0.5, 0.6) is 0 Å². The van der Waals surface area contributed by atoms with E-state index in [2.05, 4.69) is 16.4 Å². The molecule has 1 aliphatic rings. The van der Waals surface area contributed by atoms with Crippen molar-refractivity contribution in [3.05, 3.63) is 40.7 Å². The third-order valence-corrected chi connectivity index (χ3v) is 6.28. The molecule has 1 amide bonds. The van der Waals surface area contributed by atoms with Crippen molar-refractivity contribution in [3.8, 4) is 6.07 Å². The van der Waals surface area contributed by atoms with E-state index in [0.29, 0.717) is 56.5 Å². The molecule has 2 aromatic heterocycles. The molecule has 11 heteroatoms. The summed E-state index contributed by atoms with van der Waals surface area (Å²) >= 11 is 0. The maximum absolute atomic E-state index is 12.9. The minimum absolute atomic E-state index is 0.153. The summed E-state index contributed by atoms with van der Waals surface area (Å²) in [5.41, 5.74) is 1.46. The number of methoxy groups -OCH3 is 1. The standard InChI is InChI=1S/C24H31F3N6O2/c1-17-18(2)33(10-5-13-35-3)23(20(17)14-28)30-22(34)16-31-8-4-9-32(12-11-31)21-7-6-19(15-29-21)24(25,26)27/h6-7,15H,4-5,8-13,16H2,1-3H3,(H,30,34). The van der Waals surface area contributed by atoms with Gasteiger partial charge in [0.05, 0.1) is 17.7 Å².